The van der Waals surface area contributed by atoms with Crippen molar-refractivity contribution in [2.75, 3.05) is 13.3 Å². The maximum atomic E-state index is 13.6. The lowest BCUT2D eigenvalue weighted by Gasteiger charge is -2.12. The highest BCUT2D eigenvalue weighted by atomic mass is 19.1. The van der Waals surface area contributed by atoms with E-state index in [9.17, 15) is 9.50 Å². The van der Waals surface area contributed by atoms with E-state index in [-0.39, 0.29) is 18.5 Å². The second-order valence-electron chi connectivity index (χ2n) is 3.50. The van der Waals surface area contributed by atoms with E-state index in [0.29, 0.717) is 17.9 Å². The van der Waals surface area contributed by atoms with Gasteiger partial charge in [-0.2, -0.15) is 4.39 Å². The van der Waals surface area contributed by atoms with Gasteiger partial charge in [0.2, 0.25) is 18.4 Å². The third kappa shape index (κ3) is 1.48. The monoisotopic (exact) mass is 213 g/mol. The Kier molecular flexibility index (Phi) is 2.40. The van der Waals surface area contributed by atoms with Crippen LogP contribution >= 0.6 is 0 Å². The molecule has 0 radical (unpaired) electrons. The summed E-state index contributed by atoms with van der Waals surface area (Å²) in [5.74, 6) is -1.02. The molecule has 0 amide bonds. The minimum absolute atomic E-state index is 0.0217. The zero-order chi connectivity index (χ0) is 11.0. The van der Waals surface area contributed by atoms with E-state index in [2.05, 4.69) is 0 Å². The molecule has 1 aliphatic rings. The van der Waals surface area contributed by atoms with Gasteiger partial charge >= 0.3 is 0 Å². The van der Waals surface area contributed by atoms with E-state index in [4.69, 9.17) is 15.2 Å². The van der Waals surface area contributed by atoms with Gasteiger partial charge in [-0.25, -0.2) is 0 Å². The van der Waals surface area contributed by atoms with Crippen LogP contribution in [0.1, 0.15) is 18.4 Å². The number of phenols is 1. The van der Waals surface area contributed by atoms with Crippen LogP contribution in [0.25, 0.3) is 0 Å². The first-order valence-corrected chi connectivity index (χ1v) is 4.66. The molecule has 1 aliphatic heterocycles. The minimum atomic E-state index is -0.778. The molecule has 1 aromatic carbocycles. The molecule has 2 rings (SSSR count). The molecule has 0 aliphatic carbocycles. The Balaban J connectivity index is 2.54. The Labute approximate surface area is 86.4 Å². The van der Waals surface area contributed by atoms with Crippen molar-refractivity contribution in [2.45, 2.75) is 12.8 Å². The van der Waals surface area contributed by atoms with Gasteiger partial charge in [0.15, 0.2) is 11.5 Å². The van der Waals surface area contributed by atoms with Gasteiger partial charge in [-0.15, -0.1) is 0 Å². The summed E-state index contributed by atoms with van der Waals surface area (Å²) in [6.07, 6.45) is 0. The summed E-state index contributed by atoms with van der Waals surface area (Å²) in [6.45, 7) is 2.11. The summed E-state index contributed by atoms with van der Waals surface area (Å²) >= 11 is 0. The van der Waals surface area contributed by atoms with Crippen molar-refractivity contribution in [3.05, 3.63) is 17.4 Å². The first-order chi connectivity index (χ1) is 7.15. The Bertz CT molecular complexity index is 395. The van der Waals surface area contributed by atoms with Crippen LogP contribution in [-0.2, 0) is 0 Å². The van der Waals surface area contributed by atoms with Crippen molar-refractivity contribution in [1.29, 1.82) is 0 Å². The van der Waals surface area contributed by atoms with Crippen LogP contribution in [-0.4, -0.2) is 18.4 Å². The van der Waals surface area contributed by atoms with Crippen LogP contribution in [0.4, 0.5) is 4.39 Å². The van der Waals surface area contributed by atoms with Gasteiger partial charge in [-0.3, -0.25) is 0 Å². The van der Waals surface area contributed by atoms with Crippen molar-refractivity contribution in [3.8, 4) is 17.2 Å². The van der Waals surface area contributed by atoms with Gasteiger partial charge in [-0.05, 0) is 18.5 Å². The second-order valence-corrected chi connectivity index (χ2v) is 3.50. The van der Waals surface area contributed by atoms with Crippen LogP contribution in [0, 0.1) is 5.82 Å². The van der Waals surface area contributed by atoms with Crippen molar-refractivity contribution < 1.29 is 19.0 Å². The van der Waals surface area contributed by atoms with E-state index in [1.807, 2.05) is 0 Å². The average molecular weight is 213 g/mol. The predicted molar refractivity (Wildman–Crippen MR) is 51.7 cm³/mol. The normalized spacial score (nSPS) is 15.4. The summed E-state index contributed by atoms with van der Waals surface area (Å²) in [7, 11) is 0. The van der Waals surface area contributed by atoms with E-state index in [1.54, 1.807) is 13.0 Å². The molecule has 1 aromatic rings. The number of halogens is 1. The van der Waals surface area contributed by atoms with Crippen LogP contribution in [0.5, 0.6) is 17.2 Å². The topological polar surface area (TPSA) is 64.7 Å². The van der Waals surface area contributed by atoms with Crippen LogP contribution in [0.15, 0.2) is 6.07 Å². The summed E-state index contributed by atoms with van der Waals surface area (Å²) in [5.41, 5.74) is 5.91. The smallest absolute Gasteiger partial charge is 0.231 e. The zero-order valence-electron chi connectivity index (χ0n) is 8.29. The Morgan fingerprint density at radius 2 is 2.33 bits per heavy atom. The molecule has 0 saturated carbocycles. The molecule has 4 nitrogen and oxygen atoms in total. The molecule has 0 aromatic heterocycles. The third-order valence-electron chi connectivity index (χ3n) is 2.49. The Morgan fingerprint density at radius 1 is 1.60 bits per heavy atom. The zero-order valence-corrected chi connectivity index (χ0v) is 8.29. The first-order valence-electron chi connectivity index (χ1n) is 4.66. The largest absolute Gasteiger partial charge is 0.505 e. The fourth-order valence-electron chi connectivity index (χ4n) is 1.51. The number of hydrogen-bond acceptors (Lipinski definition) is 4. The lowest BCUT2D eigenvalue weighted by atomic mass is 9.99. The summed E-state index contributed by atoms with van der Waals surface area (Å²) in [6, 6.07) is 1.57. The predicted octanol–water partition coefficient (Wildman–Crippen LogP) is 1.32. The van der Waals surface area contributed by atoms with E-state index >= 15 is 0 Å². The van der Waals surface area contributed by atoms with Crippen molar-refractivity contribution >= 4 is 0 Å². The lowest BCUT2D eigenvalue weighted by Crippen LogP contribution is -2.09. The first kappa shape index (κ1) is 10.0. The molecule has 3 N–H and O–H groups in total. The lowest BCUT2D eigenvalue weighted by molar-refractivity contribution is 0.170. The van der Waals surface area contributed by atoms with E-state index in [1.165, 1.54) is 0 Å². The highest BCUT2D eigenvalue weighted by Gasteiger charge is 2.25. The van der Waals surface area contributed by atoms with Crippen LogP contribution < -0.4 is 15.2 Å². The molecule has 5 heteroatoms. The summed E-state index contributed by atoms with van der Waals surface area (Å²) < 4.78 is 23.5. The molecule has 1 atom stereocenters. The van der Waals surface area contributed by atoms with Crippen LogP contribution in [0.3, 0.4) is 0 Å². The quantitative estimate of drug-likeness (QED) is 0.777. The number of fused-ring (bicyclic) bond motifs is 1. The standard InChI is InChI=1S/C10H12FNO3/c1-5(3-12)6-2-7-10(15-4-14-7)8(11)9(6)13/h2,5,13H,3-4,12H2,1H3. The number of aromatic hydroxyl groups is 1. The van der Waals surface area contributed by atoms with Crippen LogP contribution in [0.2, 0.25) is 0 Å². The van der Waals surface area contributed by atoms with Gasteiger partial charge in [-0.1, -0.05) is 6.92 Å². The molecular formula is C10H12FNO3. The SMILES string of the molecule is CC(CN)c1cc2c(c(F)c1O)OCO2. The van der Waals surface area contributed by atoms with Gasteiger partial charge in [0.1, 0.15) is 0 Å². The van der Waals surface area contributed by atoms with E-state index in [0.717, 1.165) is 0 Å². The van der Waals surface area contributed by atoms with Gasteiger partial charge in [0.05, 0.1) is 0 Å². The highest BCUT2D eigenvalue weighted by molar-refractivity contribution is 5.53. The number of ether oxygens (including phenoxy) is 2. The van der Waals surface area contributed by atoms with Gasteiger partial charge in [0.25, 0.3) is 0 Å². The number of benzene rings is 1. The molecule has 0 spiro atoms. The minimum Gasteiger partial charge on any atom is -0.505 e. The number of nitrogens with two attached hydrogens (primary N) is 1. The van der Waals surface area contributed by atoms with Gasteiger partial charge < -0.3 is 20.3 Å². The van der Waals surface area contributed by atoms with Crippen molar-refractivity contribution in [3.63, 3.8) is 0 Å². The molecular weight excluding hydrogens is 201 g/mol. The molecule has 0 bridgehead atoms. The highest BCUT2D eigenvalue weighted by Crippen LogP contribution is 2.43. The van der Waals surface area contributed by atoms with E-state index < -0.39 is 11.6 Å². The Hall–Kier alpha value is -1.49. The fraction of sp³-hybridized carbons (Fsp3) is 0.400. The number of phenolic OH excluding ortho intramolecular Hbond substituents is 1. The van der Waals surface area contributed by atoms with Crippen molar-refractivity contribution in [2.24, 2.45) is 5.73 Å². The number of hydrogen-bond donors (Lipinski definition) is 2. The maximum Gasteiger partial charge on any atom is 0.231 e. The van der Waals surface area contributed by atoms with Crippen molar-refractivity contribution in [1.82, 2.24) is 0 Å². The summed E-state index contributed by atoms with van der Waals surface area (Å²) in [5, 5.41) is 9.60. The molecule has 1 unspecified atom stereocenters. The molecule has 0 fully saturated rings. The third-order valence-corrected chi connectivity index (χ3v) is 2.49. The average Bonchev–Trinajstić information content (AvgIpc) is 2.70. The number of rotatable bonds is 2. The molecule has 82 valence electrons. The van der Waals surface area contributed by atoms with Gasteiger partial charge in [0, 0.05) is 5.56 Å². The molecule has 0 saturated heterocycles. The fourth-order valence-corrected chi connectivity index (χ4v) is 1.51. The maximum absolute atomic E-state index is 13.6. The Morgan fingerprint density at radius 3 is 3.00 bits per heavy atom. The molecule has 15 heavy (non-hydrogen) atoms. The summed E-state index contributed by atoms with van der Waals surface area (Å²) in [4.78, 5) is 0. The molecule has 1 heterocycles. The second kappa shape index (κ2) is 3.58.